The van der Waals surface area contributed by atoms with Gasteiger partial charge in [-0.05, 0) is 36.4 Å². The van der Waals surface area contributed by atoms with Gasteiger partial charge in [0, 0.05) is 17.1 Å². The fourth-order valence-electron chi connectivity index (χ4n) is 2.69. The molecule has 0 bridgehead atoms. The molecule has 0 saturated carbocycles. The van der Waals surface area contributed by atoms with Crippen molar-refractivity contribution in [1.82, 2.24) is 5.32 Å². The van der Waals surface area contributed by atoms with Gasteiger partial charge < -0.3 is 19.5 Å². The summed E-state index contributed by atoms with van der Waals surface area (Å²) in [5.41, 5.74) is 0.992. The van der Waals surface area contributed by atoms with Crippen molar-refractivity contribution in [1.29, 1.82) is 0 Å². The standard InChI is InChI=1S/C19H23ClN2O6S/c1-26-16-10-5-13(18(27-2)19(16)28-3)11-21-17(23)12-22(29(4,24)25)15-8-6-14(20)7-9-15/h5-10H,11-12H2,1-4H3,(H,21,23). The van der Waals surface area contributed by atoms with Crippen molar-refractivity contribution in [3.63, 3.8) is 0 Å². The van der Waals surface area contributed by atoms with E-state index in [9.17, 15) is 13.2 Å². The zero-order valence-corrected chi connectivity index (χ0v) is 18.1. The average Bonchev–Trinajstić information content (AvgIpc) is 2.69. The number of ether oxygens (including phenoxy) is 3. The summed E-state index contributed by atoms with van der Waals surface area (Å²) in [7, 11) is 0.802. The Morgan fingerprint density at radius 1 is 1.00 bits per heavy atom. The summed E-state index contributed by atoms with van der Waals surface area (Å²) in [6.45, 7) is -0.267. The number of nitrogens with one attached hydrogen (secondary N) is 1. The van der Waals surface area contributed by atoms with Crippen LogP contribution in [0.4, 0.5) is 5.69 Å². The lowest BCUT2D eigenvalue weighted by atomic mass is 10.1. The zero-order chi connectivity index (χ0) is 21.6. The van der Waals surface area contributed by atoms with E-state index in [1.54, 1.807) is 24.3 Å². The number of nitrogens with zero attached hydrogens (tertiary/aromatic N) is 1. The Morgan fingerprint density at radius 2 is 1.62 bits per heavy atom. The van der Waals surface area contributed by atoms with Gasteiger partial charge in [0.15, 0.2) is 11.5 Å². The van der Waals surface area contributed by atoms with Crippen LogP contribution in [0.5, 0.6) is 17.2 Å². The van der Waals surface area contributed by atoms with Gasteiger partial charge in [-0.2, -0.15) is 0 Å². The second kappa shape index (κ2) is 9.71. The quantitative estimate of drug-likeness (QED) is 0.641. The third kappa shape index (κ3) is 5.68. The molecule has 29 heavy (non-hydrogen) atoms. The summed E-state index contributed by atoms with van der Waals surface area (Å²) >= 11 is 5.85. The van der Waals surface area contributed by atoms with Crippen molar-refractivity contribution in [2.45, 2.75) is 6.54 Å². The lowest BCUT2D eigenvalue weighted by Crippen LogP contribution is -2.40. The van der Waals surface area contributed by atoms with Gasteiger partial charge >= 0.3 is 0 Å². The molecule has 8 nitrogen and oxygen atoms in total. The van der Waals surface area contributed by atoms with E-state index in [0.29, 0.717) is 33.5 Å². The number of rotatable bonds is 9. The van der Waals surface area contributed by atoms with Crippen LogP contribution >= 0.6 is 11.6 Å². The van der Waals surface area contributed by atoms with Gasteiger partial charge in [-0.15, -0.1) is 0 Å². The Balaban J connectivity index is 2.17. The first-order valence-corrected chi connectivity index (χ1v) is 10.7. The Morgan fingerprint density at radius 3 is 2.14 bits per heavy atom. The molecule has 2 rings (SSSR count). The first kappa shape index (κ1) is 22.6. The highest BCUT2D eigenvalue weighted by Gasteiger charge is 2.21. The van der Waals surface area contributed by atoms with Crippen molar-refractivity contribution < 1.29 is 27.4 Å². The fourth-order valence-corrected chi connectivity index (χ4v) is 3.67. The van der Waals surface area contributed by atoms with E-state index in [1.165, 1.54) is 33.5 Å². The van der Waals surface area contributed by atoms with Crippen LogP contribution in [0.15, 0.2) is 36.4 Å². The van der Waals surface area contributed by atoms with E-state index in [-0.39, 0.29) is 13.1 Å². The molecule has 0 heterocycles. The third-order valence-electron chi connectivity index (χ3n) is 4.06. The minimum absolute atomic E-state index is 0.112. The van der Waals surface area contributed by atoms with Crippen molar-refractivity contribution in [3.8, 4) is 17.2 Å². The summed E-state index contributed by atoms with van der Waals surface area (Å²) in [5, 5.41) is 3.16. The van der Waals surface area contributed by atoms with Gasteiger partial charge in [0.05, 0.1) is 33.3 Å². The zero-order valence-electron chi connectivity index (χ0n) is 16.6. The predicted octanol–water partition coefficient (Wildman–Crippen LogP) is 2.45. The van der Waals surface area contributed by atoms with Crippen LogP contribution in [0.2, 0.25) is 5.02 Å². The Bertz CT molecular complexity index is 963. The molecule has 0 aliphatic carbocycles. The van der Waals surface area contributed by atoms with E-state index in [0.717, 1.165) is 10.6 Å². The van der Waals surface area contributed by atoms with Crippen LogP contribution < -0.4 is 23.8 Å². The van der Waals surface area contributed by atoms with E-state index in [2.05, 4.69) is 5.32 Å². The summed E-state index contributed by atoms with van der Waals surface area (Å²) in [6, 6.07) is 9.61. The van der Waals surface area contributed by atoms with Gasteiger partial charge in [-0.1, -0.05) is 11.6 Å². The van der Waals surface area contributed by atoms with Gasteiger partial charge in [-0.25, -0.2) is 8.42 Å². The molecule has 0 saturated heterocycles. The highest BCUT2D eigenvalue weighted by molar-refractivity contribution is 7.92. The summed E-state index contributed by atoms with van der Waals surface area (Å²) in [4.78, 5) is 12.5. The molecule has 1 N–H and O–H groups in total. The largest absolute Gasteiger partial charge is 0.493 e. The summed E-state index contributed by atoms with van der Waals surface area (Å²) < 4.78 is 41.2. The van der Waals surface area contributed by atoms with Crippen molar-refractivity contribution in [3.05, 3.63) is 47.0 Å². The lowest BCUT2D eigenvalue weighted by Gasteiger charge is -2.22. The smallest absolute Gasteiger partial charge is 0.241 e. The number of amides is 1. The number of halogens is 1. The molecular weight excluding hydrogens is 420 g/mol. The Hall–Kier alpha value is -2.65. The van der Waals surface area contributed by atoms with E-state index < -0.39 is 15.9 Å². The van der Waals surface area contributed by atoms with Gasteiger partial charge in [0.1, 0.15) is 6.54 Å². The van der Waals surface area contributed by atoms with Crippen LogP contribution in [0.25, 0.3) is 0 Å². The Labute approximate surface area is 175 Å². The SMILES string of the molecule is COc1ccc(CNC(=O)CN(c2ccc(Cl)cc2)S(C)(=O)=O)c(OC)c1OC. The number of hydrogen-bond acceptors (Lipinski definition) is 6. The minimum atomic E-state index is -3.67. The number of anilines is 1. The minimum Gasteiger partial charge on any atom is -0.493 e. The molecule has 2 aromatic carbocycles. The molecule has 0 atom stereocenters. The predicted molar refractivity (Wildman–Crippen MR) is 112 cm³/mol. The molecule has 158 valence electrons. The summed E-state index contributed by atoms with van der Waals surface area (Å²) in [6.07, 6.45) is 1.03. The number of benzene rings is 2. The van der Waals surface area contributed by atoms with Crippen molar-refractivity contribution in [2.24, 2.45) is 0 Å². The highest BCUT2D eigenvalue weighted by Crippen LogP contribution is 2.39. The number of carbonyl (C=O) groups excluding carboxylic acids is 1. The molecule has 0 fully saturated rings. The normalized spacial score (nSPS) is 10.9. The molecule has 0 aliphatic heterocycles. The molecular formula is C19H23ClN2O6S. The maximum absolute atomic E-state index is 12.5. The maximum atomic E-state index is 12.5. The van der Waals surface area contributed by atoms with Crippen LogP contribution in [-0.2, 0) is 21.4 Å². The number of sulfonamides is 1. The number of carbonyl (C=O) groups is 1. The summed E-state index contributed by atoms with van der Waals surface area (Å²) in [5.74, 6) is 0.832. The molecule has 0 aromatic heterocycles. The molecule has 0 radical (unpaired) electrons. The average molecular weight is 443 g/mol. The molecule has 0 unspecified atom stereocenters. The van der Waals surface area contributed by atoms with Crippen LogP contribution in [-0.4, -0.2) is 48.5 Å². The third-order valence-corrected chi connectivity index (χ3v) is 5.46. The molecule has 2 aromatic rings. The van der Waals surface area contributed by atoms with Crippen LogP contribution in [0, 0.1) is 0 Å². The monoisotopic (exact) mass is 442 g/mol. The van der Waals surface area contributed by atoms with Gasteiger partial charge in [-0.3, -0.25) is 9.10 Å². The lowest BCUT2D eigenvalue weighted by molar-refractivity contribution is -0.119. The second-order valence-electron chi connectivity index (χ2n) is 6.02. The molecule has 1 amide bonds. The van der Waals surface area contributed by atoms with Crippen molar-refractivity contribution >= 4 is 33.2 Å². The first-order valence-electron chi connectivity index (χ1n) is 8.49. The van der Waals surface area contributed by atoms with Gasteiger partial charge in [0.2, 0.25) is 21.7 Å². The topological polar surface area (TPSA) is 94.2 Å². The van der Waals surface area contributed by atoms with E-state index in [1.807, 2.05) is 0 Å². The molecule has 0 spiro atoms. The number of hydrogen-bond donors (Lipinski definition) is 1. The molecule has 0 aliphatic rings. The maximum Gasteiger partial charge on any atom is 0.241 e. The van der Waals surface area contributed by atoms with Gasteiger partial charge in [0.25, 0.3) is 0 Å². The van der Waals surface area contributed by atoms with E-state index >= 15 is 0 Å². The highest BCUT2D eigenvalue weighted by atomic mass is 35.5. The van der Waals surface area contributed by atoms with Crippen LogP contribution in [0.1, 0.15) is 5.56 Å². The van der Waals surface area contributed by atoms with E-state index in [4.69, 9.17) is 25.8 Å². The Kier molecular flexibility index (Phi) is 7.58. The first-order chi connectivity index (χ1) is 13.7. The van der Waals surface area contributed by atoms with Crippen LogP contribution in [0.3, 0.4) is 0 Å². The molecule has 10 heteroatoms. The fraction of sp³-hybridized carbons (Fsp3) is 0.316. The number of methoxy groups -OCH3 is 3. The van der Waals surface area contributed by atoms with Crippen molar-refractivity contribution in [2.75, 3.05) is 38.4 Å². The second-order valence-corrected chi connectivity index (χ2v) is 8.36.